The van der Waals surface area contributed by atoms with Gasteiger partial charge in [-0.15, -0.1) is 0 Å². The maximum absolute atomic E-state index is 12.8. The predicted molar refractivity (Wildman–Crippen MR) is 81.9 cm³/mol. The number of benzene rings is 1. The number of hydrogen-bond acceptors (Lipinski definition) is 3. The first-order valence-electron chi connectivity index (χ1n) is 7.87. The zero-order chi connectivity index (χ0) is 14.7. The van der Waals surface area contributed by atoms with Crippen molar-refractivity contribution >= 4 is 5.91 Å². The smallest absolute Gasteiger partial charge is 0.256 e. The highest BCUT2D eigenvalue weighted by Gasteiger charge is 2.33. The first-order valence-corrected chi connectivity index (χ1v) is 7.87. The van der Waals surface area contributed by atoms with E-state index in [1.807, 2.05) is 35.2 Å². The van der Waals surface area contributed by atoms with Crippen LogP contribution in [-0.4, -0.2) is 44.1 Å². The molecule has 21 heavy (non-hydrogen) atoms. The summed E-state index contributed by atoms with van der Waals surface area (Å²) in [5.74, 6) is 1.58. The highest BCUT2D eigenvalue weighted by atomic mass is 16.5. The van der Waals surface area contributed by atoms with Gasteiger partial charge in [-0.2, -0.15) is 0 Å². The highest BCUT2D eigenvalue weighted by molar-refractivity contribution is 5.82. The van der Waals surface area contributed by atoms with Crippen molar-refractivity contribution < 1.29 is 9.53 Å². The number of methoxy groups -OCH3 is 1. The molecule has 3 rings (SSSR count). The number of carbonyl (C=O) groups is 1. The summed E-state index contributed by atoms with van der Waals surface area (Å²) < 4.78 is 5.48. The van der Waals surface area contributed by atoms with Gasteiger partial charge in [-0.25, -0.2) is 0 Å². The van der Waals surface area contributed by atoms with E-state index in [9.17, 15) is 4.79 Å². The average molecular weight is 288 g/mol. The van der Waals surface area contributed by atoms with E-state index in [0.29, 0.717) is 0 Å². The van der Waals surface area contributed by atoms with Crippen molar-refractivity contribution in [2.75, 3.05) is 33.3 Å². The average Bonchev–Trinajstić information content (AvgIpc) is 2.87. The summed E-state index contributed by atoms with van der Waals surface area (Å²) in [6, 6.07) is 9.78. The van der Waals surface area contributed by atoms with E-state index in [0.717, 1.165) is 56.4 Å². The van der Waals surface area contributed by atoms with E-state index in [4.69, 9.17) is 4.74 Å². The second-order valence-electron chi connectivity index (χ2n) is 6.11. The Balaban J connectivity index is 1.69. The Morgan fingerprint density at radius 2 is 1.81 bits per heavy atom. The molecule has 4 heteroatoms. The van der Waals surface area contributed by atoms with Crippen LogP contribution in [0.2, 0.25) is 0 Å². The van der Waals surface area contributed by atoms with Gasteiger partial charge >= 0.3 is 0 Å². The van der Waals surface area contributed by atoms with Gasteiger partial charge in [0.1, 0.15) is 0 Å². The van der Waals surface area contributed by atoms with Crippen molar-refractivity contribution in [1.82, 2.24) is 10.2 Å². The lowest BCUT2D eigenvalue weighted by molar-refractivity contribution is -0.142. The second kappa shape index (κ2) is 6.58. The Kier molecular flexibility index (Phi) is 4.56. The molecule has 0 saturated carbocycles. The maximum Gasteiger partial charge on any atom is 0.256 e. The maximum atomic E-state index is 12.8. The van der Waals surface area contributed by atoms with Gasteiger partial charge < -0.3 is 15.0 Å². The number of nitrogens with one attached hydrogen (secondary N) is 1. The standard InChI is InChI=1S/C17H24N2O2/c1-21-16(13-5-3-2-4-6-13)17(20)19-9-7-14-11-18-12-15(14)8-10-19/h2-6,14-16,18H,7-12H2,1H3/t14-,15+,16?. The van der Waals surface area contributed by atoms with Crippen molar-refractivity contribution in [2.24, 2.45) is 11.8 Å². The molecule has 4 nitrogen and oxygen atoms in total. The number of likely N-dealkylation sites (tertiary alicyclic amines) is 1. The molecule has 3 atom stereocenters. The van der Waals surface area contributed by atoms with E-state index in [1.54, 1.807) is 7.11 Å². The molecular weight excluding hydrogens is 264 g/mol. The first-order chi connectivity index (χ1) is 10.3. The largest absolute Gasteiger partial charge is 0.367 e. The lowest BCUT2D eigenvalue weighted by Gasteiger charge is -2.26. The summed E-state index contributed by atoms with van der Waals surface area (Å²) in [5.41, 5.74) is 0.941. The molecule has 1 unspecified atom stereocenters. The summed E-state index contributed by atoms with van der Waals surface area (Å²) in [6.45, 7) is 3.93. The predicted octanol–water partition coefficient (Wildman–Crippen LogP) is 1.83. The Morgan fingerprint density at radius 3 is 2.38 bits per heavy atom. The molecule has 0 aromatic heterocycles. The van der Waals surface area contributed by atoms with Crippen molar-refractivity contribution in [3.8, 4) is 0 Å². The van der Waals surface area contributed by atoms with Crippen LogP contribution in [0.15, 0.2) is 30.3 Å². The van der Waals surface area contributed by atoms with Gasteiger partial charge in [-0.05, 0) is 43.3 Å². The number of nitrogens with zero attached hydrogens (tertiary/aromatic N) is 1. The minimum Gasteiger partial charge on any atom is -0.367 e. The summed E-state index contributed by atoms with van der Waals surface area (Å²) in [7, 11) is 1.62. The molecular formula is C17H24N2O2. The van der Waals surface area contributed by atoms with Crippen molar-refractivity contribution in [2.45, 2.75) is 18.9 Å². The van der Waals surface area contributed by atoms with E-state index >= 15 is 0 Å². The number of fused-ring (bicyclic) bond motifs is 1. The third kappa shape index (κ3) is 3.11. The molecule has 2 aliphatic rings. The van der Waals surface area contributed by atoms with Crippen LogP contribution in [0.4, 0.5) is 0 Å². The summed E-state index contributed by atoms with van der Waals surface area (Å²) in [4.78, 5) is 14.8. The van der Waals surface area contributed by atoms with E-state index in [2.05, 4.69) is 5.32 Å². The fourth-order valence-electron chi connectivity index (χ4n) is 3.61. The van der Waals surface area contributed by atoms with Crippen molar-refractivity contribution in [3.63, 3.8) is 0 Å². The fourth-order valence-corrected chi connectivity index (χ4v) is 3.61. The van der Waals surface area contributed by atoms with Crippen molar-refractivity contribution in [3.05, 3.63) is 35.9 Å². The van der Waals surface area contributed by atoms with E-state index in [-0.39, 0.29) is 5.91 Å². The van der Waals surface area contributed by atoms with Crippen LogP contribution in [0.3, 0.4) is 0 Å². The van der Waals surface area contributed by atoms with Crippen LogP contribution >= 0.6 is 0 Å². The highest BCUT2D eigenvalue weighted by Crippen LogP contribution is 2.29. The van der Waals surface area contributed by atoms with Gasteiger partial charge in [-0.3, -0.25) is 4.79 Å². The molecule has 2 aliphatic heterocycles. The molecule has 114 valence electrons. The molecule has 1 aromatic rings. The topological polar surface area (TPSA) is 41.6 Å². The minimum absolute atomic E-state index is 0.108. The van der Waals surface area contributed by atoms with Gasteiger partial charge in [0.2, 0.25) is 0 Å². The normalized spacial score (nSPS) is 27.0. The van der Waals surface area contributed by atoms with Crippen LogP contribution < -0.4 is 5.32 Å². The summed E-state index contributed by atoms with van der Waals surface area (Å²) in [5, 5.41) is 3.47. The van der Waals surface area contributed by atoms with Gasteiger partial charge in [-0.1, -0.05) is 30.3 Å². The van der Waals surface area contributed by atoms with Crippen LogP contribution in [0.5, 0.6) is 0 Å². The van der Waals surface area contributed by atoms with Gasteiger partial charge in [0, 0.05) is 20.2 Å². The van der Waals surface area contributed by atoms with Gasteiger partial charge in [0.15, 0.2) is 6.10 Å². The van der Waals surface area contributed by atoms with Crippen LogP contribution in [0.25, 0.3) is 0 Å². The van der Waals surface area contributed by atoms with Crippen LogP contribution in [-0.2, 0) is 9.53 Å². The fraction of sp³-hybridized carbons (Fsp3) is 0.588. The van der Waals surface area contributed by atoms with Crippen LogP contribution in [0, 0.1) is 11.8 Å². The molecule has 1 aromatic carbocycles. The third-order valence-electron chi connectivity index (χ3n) is 4.89. The molecule has 0 radical (unpaired) electrons. The molecule has 2 saturated heterocycles. The Bertz CT molecular complexity index is 463. The van der Waals surface area contributed by atoms with Crippen LogP contribution in [0.1, 0.15) is 24.5 Å². The van der Waals surface area contributed by atoms with E-state index in [1.165, 1.54) is 0 Å². The first kappa shape index (κ1) is 14.5. The number of rotatable bonds is 3. The van der Waals surface area contributed by atoms with E-state index < -0.39 is 6.10 Å². The zero-order valence-electron chi connectivity index (χ0n) is 12.6. The molecule has 1 amide bonds. The van der Waals surface area contributed by atoms with Gasteiger partial charge in [0.25, 0.3) is 5.91 Å². The molecule has 2 fully saturated rings. The number of amides is 1. The molecule has 0 spiro atoms. The third-order valence-corrected chi connectivity index (χ3v) is 4.89. The molecule has 0 bridgehead atoms. The number of hydrogen-bond donors (Lipinski definition) is 1. The molecule has 2 heterocycles. The number of carbonyl (C=O) groups excluding carboxylic acids is 1. The SMILES string of the molecule is COC(C(=O)N1CC[C@@H]2CNC[C@@H]2CC1)c1ccccc1. The monoisotopic (exact) mass is 288 g/mol. The number of ether oxygens (including phenoxy) is 1. The van der Waals surface area contributed by atoms with Crippen molar-refractivity contribution in [1.29, 1.82) is 0 Å². The Morgan fingerprint density at radius 1 is 1.19 bits per heavy atom. The quantitative estimate of drug-likeness (QED) is 0.922. The Labute approximate surface area is 126 Å². The lowest BCUT2D eigenvalue weighted by atomic mass is 9.92. The minimum atomic E-state index is -0.470. The lowest BCUT2D eigenvalue weighted by Crippen LogP contribution is -2.37. The summed E-state index contributed by atoms with van der Waals surface area (Å²) >= 11 is 0. The second-order valence-corrected chi connectivity index (χ2v) is 6.11. The molecule has 0 aliphatic carbocycles. The zero-order valence-corrected chi connectivity index (χ0v) is 12.6. The summed E-state index contributed by atoms with van der Waals surface area (Å²) in [6.07, 6.45) is 1.74. The Hall–Kier alpha value is -1.39. The van der Waals surface area contributed by atoms with Gasteiger partial charge in [0.05, 0.1) is 0 Å². The molecule has 1 N–H and O–H groups in total.